The van der Waals surface area contributed by atoms with Gasteiger partial charge in [0.05, 0.1) is 0 Å². The molecule has 1 heterocycles. The molecule has 1 aromatic heterocycles. The van der Waals surface area contributed by atoms with Gasteiger partial charge in [-0.2, -0.15) is 12.6 Å². The van der Waals surface area contributed by atoms with Crippen LogP contribution in [-0.2, 0) is 17.6 Å². The van der Waals surface area contributed by atoms with Crippen LogP contribution >= 0.6 is 24.0 Å². The Balaban J connectivity index is 2.36. The Bertz CT molecular complexity index is 281. The molecule has 0 atom stereocenters. The van der Waals surface area contributed by atoms with Crippen molar-refractivity contribution < 1.29 is 0 Å². The molecule has 1 aliphatic rings. The quantitative estimate of drug-likeness (QED) is 0.673. The van der Waals surface area contributed by atoms with Crippen LogP contribution in [0.4, 0.5) is 0 Å². The lowest BCUT2D eigenvalue weighted by Gasteiger charge is -2.14. The molecule has 1 aliphatic carbocycles. The zero-order chi connectivity index (χ0) is 9.47. The van der Waals surface area contributed by atoms with Gasteiger partial charge in [-0.25, -0.2) is 0 Å². The van der Waals surface area contributed by atoms with Gasteiger partial charge in [-0.1, -0.05) is 0 Å². The first-order valence-electron chi connectivity index (χ1n) is 4.92. The lowest BCUT2D eigenvalue weighted by atomic mass is 9.98. The Morgan fingerprint density at radius 1 is 1.31 bits per heavy atom. The summed E-state index contributed by atoms with van der Waals surface area (Å²) < 4.78 is 0.0437. The largest absolute Gasteiger partial charge is 0.167 e. The molecule has 0 radical (unpaired) electrons. The van der Waals surface area contributed by atoms with Gasteiger partial charge in [0, 0.05) is 14.5 Å². The third kappa shape index (κ3) is 1.94. The maximum absolute atomic E-state index is 4.61. The zero-order valence-corrected chi connectivity index (χ0v) is 9.97. The minimum atomic E-state index is 0.0437. The molecule has 0 bridgehead atoms. The van der Waals surface area contributed by atoms with Crippen LogP contribution in [0.5, 0.6) is 0 Å². The maximum Gasteiger partial charge on any atom is 0.0415 e. The van der Waals surface area contributed by atoms with E-state index in [4.69, 9.17) is 0 Å². The van der Waals surface area contributed by atoms with E-state index in [1.807, 2.05) is 11.3 Å². The summed E-state index contributed by atoms with van der Waals surface area (Å²) in [7, 11) is 0. The maximum atomic E-state index is 4.61. The standard InChI is InChI=1S/C11H16S2/c1-11(2,12)10-7-8-5-3-4-6-9(8)13-10/h7,12H,3-6H2,1-2H3. The fourth-order valence-corrected chi connectivity index (χ4v) is 3.25. The Hall–Kier alpha value is 0.0500. The molecule has 2 heteroatoms. The molecule has 0 saturated heterocycles. The van der Waals surface area contributed by atoms with Gasteiger partial charge in [-0.3, -0.25) is 0 Å². The summed E-state index contributed by atoms with van der Waals surface area (Å²) in [6.45, 7) is 4.35. The Kier molecular flexibility index (Phi) is 2.45. The number of thiol groups is 1. The predicted molar refractivity (Wildman–Crippen MR) is 63.0 cm³/mol. The molecule has 0 aromatic carbocycles. The smallest absolute Gasteiger partial charge is 0.0415 e. The molecule has 0 nitrogen and oxygen atoms in total. The Morgan fingerprint density at radius 2 is 2.00 bits per heavy atom. The van der Waals surface area contributed by atoms with E-state index in [2.05, 4.69) is 32.5 Å². The number of aryl methyl sites for hydroxylation is 2. The van der Waals surface area contributed by atoms with Gasteiger partial charge in [-0.05, 0) is 51.2 Å². The molecule has 0 aliphatic heterocycles. The van der Waals surface area contributed by atoms with Gasteiger partial charge < -0.3 is 0 Å². The van der Waals surface area contributed by atoms with E-state index in [1.54, 1.807) is 10.4 Å². The summed E-state index contributed by atoms with van der Waals surface area (Å²) in [5, 5.41) is 0. The van der Waals surface area contributed by atoms with Crippen LogP contribution in [0.25, 0.3) is 0 Å². The molecule has 0 amide bonds. The summed E-state index contributed by atoms with van der Waals surface area (Å²) in [4.78, 5) is 3.05. The van der Waals surface area contributed by atoms with Crippen molar-refractivity contribution in [1.82, 2.24) is 0 Å². The number of thiophene rings is 1. The molecule has 72 valence electrons. The van der Waals surface area contributed by atoms with E-state index >= 15 is 0 Å². The summed E-state index contributed by atoms with van der Waals surface area (Å²) in [5.74, 6) is 0. The molecule has 0 saturated carbocycles. The predicted octanol–water partition coefficient (Wildman–Crippen LogP) is 3.79. The van der Waals surface area contributed by atoms with Crippen molar-refractivity contribution in [3.05, 3.63) is 21.4 Å². The number of rotatable bonds is 1. The van der Waals surface area contributed by atoms with E-state index in [1.165, 1.54) is 30.6 Å². The van der Waals surface area contributed by atoms with E-state index in [9.17, 15) is 0 Å². The monoisotopic (exact) mass is 212 g/mol. The number of fused-ring (bicyclic) bond motifs is 1. The van der Waals surface area contributed by atoms with Crippen LogP contribution in [0.2, 0.25) is 0 Å². The van der Waals surface area contributed by atoms with Crippen molar-refractivity contribution in [2.75, 3.05) is 0 Å². The lowest BCUT2D eigenvalue weighted by molar-refractivity contribution is 0.696. The van der Waals surface area contributed by atoms with Crippen LogP contribution in [0, 0.1) is 0 Å². The average molecular weight is 212 g/mol. The summed E-state index contributed by atoms with van der Waals surface area (Å²) in [6.07, 6.45) is 5.33. The fraction of sp³-hybridized carbons (Fsp3) is 0.636. The van der Waals surface area contributed by atoms with Crippen molar-refractivity contribution in [2.45, 2.75) is 44.3 Å². The third-order valence-electron chi connectivity index (χ3n) is 2.60. The van der Waals surface area contributed by atoms with Gasteiger partial charge in [-0.15, -0.1) is 11.3 Å². The molecule has 0 spiro atoms. The highest BCUT2D eigenvalue weighted by Crippen LogP contribution is 2.38. The summed E-state index contributed by atoms with van der Waals surface area (Å²) >= 11 is 6.58. The molecular weight excluding hydrogens is 196 g/mol. The highest BCUT2D eigenvalue weighted by Gasteiger charge is 2.21. The van der Waals surface area contributed by atoms with Crippen LogP contribution in [-0.4, -0.2) is 0 Å². The second-order valence-corrected chi connectivity index (χ2v) is 6.58. The fourth-order valence-electron chi connectivity index (χ4n) is 1.79. The van der Waals surface area contributed by atoms with Gasteiger partial charge in [0.15, 0.2) is 0 Å². The SMILES string of the molecule is CC(C)(S)c1cc2c(s1)CCCC2. The van der Waals surface area contributed by atoms with Gasteiger partial charge in [0.1, 0.15) is 0 Å². The second kappa shape index (κ2) is 3.32. The van der Waals surface area contributed by atoms with E-state index in [-0.39, 0.29) is 4.75 Å². The van der Waals surface area contributed by atoms with Crippen LogP contribution in [0.15, 0.2) is 6.07 Å². The highest BCUT2D eigenvalue weighted by molar-refractivity contribution is 7.81. The van der Waals surface area contributed by atoms with Crippen molar-refractivity contribution in [2.24, 2.45) is 0 Å². The van der Waals surface area contributed by atoms with E-state index < -0.39 is 0 Å². The second-order valence-electron chi connectivity index (χ2n) is 4.33. The molecule has 0 unspecified atom stereocenters. The van der Waals surface area contributed by atoms with Crippen LogP contribution in [0.3, 0.4) is 0 Å². The van der Waals surface area contributed by atoms with Crippen LogP contribution in [0.1, 0.15) is 42.0 Å². The van der Waals surface area contributed by atoms with E-state index in [0.29, 0.717) is 0 Å². The van der Waals surface area contributed by atoms with Crippen LogP contribution < -0.4 is 0 Å². The van der Waals surface area contributed by atoms with Gasteiger partial charge in [0.25, 0.3) is 0 Å². The minimum Gasteiger partial charge on any atom is -0.167 e. The van der Waals surface area contributed by atoms with Crippen molar-refractivity contribution >= 4 is 24.0 Å². The molecular formula is C11H16S2. The first-order chi connectivity index (χ1) is 6.07. The normalized spacial score (nSPS) is 17.2. The van der Waals surface area contributed by atoms with E-state index in [0.717, 1.165) is 0 Å². The molecule has 1 aromatic rings. The molecule has 0 fully saturated rings. The Labute approximate surface area is 89.8 Å². The number of hydrogen-bond acceptors (Lipinski definition) is 2. The first-order valence-corrected chi connectivity index (χ1v) is 6.18. The third-order valence-corrected chi connectivity index (χ3v) is 4.55. The zero-order valence-electron chi connectivity index (χ0n) is 8.26. The lowest BCUT2D eigenvalue weighted by Crippen LogP contribution is -2.04. The topological polar surface area (TPSA) is 0 Å². The van der Waals surface area contributed by atoms with Gasteiger partial charge in [0.2, 0.25) is 0 Å². The van der Waals surface area contributed by atoms with Crippen molar-refractivity contribution in [1.29, 1.82) is 0 Å². The van der Waals surface area contributed by atoms with Crippen molar-refractivity contribution in [3.63, 3.8) is 0 Å². The first kappa shape index (κ1) is 9.60. The van der Waals surface area contributed by atoms with Gasteiger partial charge >= 0.3 is 0 Å². The Morgan fingerprint density at radius 3 is 2.62 bits per heavy atom. The molecule has 13 heavy (non-hydrogen) atoms. The summed E-state index contributed by atoms with van der Waals surface area (Å²) in [5.41, 5.74) is 1.59. The number of hydrogen-bond donors (Lipinski definition) is 1. The molecule has 0 N–H and O–H groups in total. The average Bonchev–Trinajstić information content (AvgIpc) is 2.45. The van der Waals surface area contributed by atoms with Crippen molar-refractivity contribution in [3.8, 4) is 0 Å². The highest BCUT2D eigenvalue weighted by atomic mass is 32.1. The molecule has 2 rings (SSSR count). The minimum absolute atomic E-state index is 0.0437. The summed E-state index contributed by atoms with van der Waals surface area (Å²) in [6, 6.07) is 2.37.